The molecule has 13 heteroatoms. The molecule has 1 atom stereocenters. The second-order valence-corrected chi connectivity index (χ2v) is 7.36. The summed E-state index contributed by atoms with van der Waals surface area (Å²) in [7, 11) is -3.60. The number of benzene rings is 1. The van der Waals surface area contributed by atoms with Gasteiger partial charge in [-0.3, -0.25) is 0 Å². The maximum atomic E-state index is 12.8. The molecule has 146 valence electrons. The van der Waals surface area contributed by atoms with Gasteiger partial charge in [-0.25, -0.2) is 17.7 Å². The van der Waals surface area contributed by atoms with Crippen LogP contribution in [0.5, 0.6) is 0 Å². The normalized spacial score (nSPS) is 13.0. The molecule has 0 aliphatic heterocycles. The van der Waals surface area contributed by atoms with E-state index in [1.807, 2.05) is 0 Å². The SMILES string of the molecule is N#Cc1nn(-c2c(Cl)cc(CCC(F)F)cc2Cl)c(N)c1S(=O)C(F)(F)F. The summed E-state index contributed by atoms with van der Waals surface area (Å²) in [5.41, 5.74) is -0.159. The molecular formula is C14H9Cl2F5N4OS. The zero-order valence-corrected chi connectivity index (χ0v) is 15.4. The Hall–Kier alpha value is -1.90. The van der Waals surface area contributed by atoms with Gasteiger partial charge in [-0.2, -0.15) is 23.5 Å². The molecule has 2 aromatic rings. The number of aromatic nitrogens is 2. The summed E-state index contributed by atoms with van der Waals surface area (Å²) in [4.78, 5) is -1.01. The minimum absolute atomic E-state index is 0.0429. The molecule has 0 saturated carbocycles. The fourth-order valence-corrected chi connectivity index (χ4v) is 3.66. The highest BCUT2D eigenvalue weighted by atomic mass is 35.5. The smallest absolute Gasteiger partial charge is 0.383 e. The van der Waals surface area contributed by atoms with Crippen LogP contribution in [0.4, 0.5) is 27.8 Å². The largest absolute Gasteiger partial charge is 0.476 e. The first kappa shape index (κ1) is 21.4. The van der Waals surface area contributed by atoms with Gasteiger partial charge >= 0.3 is 5.51 Å². The van der Waals surface area contributed by atoms with Crippen LogP contribution in [-0.4, -0.2) is 25.9 Å². The number of alkyl halides is 5. The van der Waals surface area contributed by atoms with Crippen molar-refractivity contribution < 1.29 is 26.2 Å². The van der Waals surface area contributed by atoms with Crippen molar-refractivity contribution in [3.63, 3.8) is 0 Å². The minimum Gasteiger partial charge on any atom is -0.383 e. The number of nitrogen functional groups attached to an aromatic ring is 1. The van der Waals surface area contributed by atoms with Gasteiger partial charge in [0.15, 0.2) is 16.5 Å². The van der Waals surface area contributed by atoms with Gasteiger partial charge in [-0.1, -0.05) is 23.2 Å². The molecule has 1 aromatic heterocycles. The monoisotopic (exact) mass is 446 g/mol. The van der Waals surface area contributed by atoms with E-state index in [9.17, 15) is 26.2 Å². The molecule has 1 unspecified atom stereocenters. The fraction of sp³-hybridized carbons (Fsp3) is 0.286. The Morgan fingerprint density at radius 1 is 1.30 bits per heavy atom. The molecule has 1 aromatic carbocycles. The van der Waals surface area contributed by atoms with Crippen LogP contribution in [0.25, 0.3) is 5.69 Å². The molecule has 0 aliphatic rings. The summed E-state index contributed by atoms with van der Waals surface area (Å²) in [5.74, 6) is -0.730. The summed E-state index contributed by atoms with van der Waals surface area (Å²) < 4.78 is 75.3. The standard InChI is InChI=1S/C14H9Cl2F5N4OS/c15-7-3-6(1-2-10(17)18)4-8(16)11(7)25-13(23)12(9(5-22)24-25)27(26)14(19,20)21/h3-4,10H,1-2,23H2. The van der Waals surface area contributed by atoms with Gasteiger partial charge in [0.2, 0.25) is 6.43 Å². The number of anilines is 1. The molecule has 2 rings (SSSR count). The fourth-order valence-electron chi connectivity index (χ4n) is 2.20. The Morgan fingerprint density at radius 2 is 1.85 bits per heavy atom. The van der Waals surface area contributed by atoms with Crippen molar-refractivity contribution in [2.75, 3.05) is 5.73 Å². The van der Waals surface area contributed by atoms with E-state index >= 15 is 0 Å². The van der Waals surface area contributed by atoms with Crippen LogP contribution >= 0.6 is 23.2 Å². The van der Waals surface area contributed by atoms with Crippen LogP contribution in [0.1, 0.15) is 17.7 Å². The Labute approximate surface area is 161 Å². The van der Waals surface area contributed by atoms with Gasteiger partial charge in [0.25, 0.3) is 0 Å². The lowest BCUT2D eigenvalue weighted by Gasteiger charge is -2.12. The van der Waals surface area contributed by atoms with E-state index in [1.54, 1.807) is 0 Å². The molecule has 1 heterocycles. The maximum Gasteiger partial charge on any atom is 0.476 e. The third kappa shape index (κ3) is 4.51. The summed E-state index contributed by atoms with van der Waals surface area (Å²) in [6.07, 6.45) is -3.02. The first-order valence-electron chi connectivity index (χ1n) is 7.01. The highest BCUT2D eigenvalue weighted by Gasteiger charge is 2.42. The quantitative estimate of drug-likeness (QED) is 0.687. The highest BCUT2D eigenvalue weighted by Crippen LogP contribution is 2.37. The van der Waals surface area contributed by atoms with Crippen molar-refractivity contribution in [1.29, 1.82) is 5.26 Å². The maximum absolute atomic E-state index is 12.8. The van der Waals surface area contributed by atoms with Crippen LogP contribution in [0.2, 0.25) is 10.0 Å². The van der Waals surface area contributed by atoms with E-state index in [-0.39, 0.29) is 22.2 Å². The highest BCUT2D eigenvalue weighted by molar-refractivity contribution is 7.86. The molecule has 0 fully saturated rings. The van der Waals surface area contributed by atoms with Crippen molar-refractivity contribution in [2.24, 2.45) is 0 Å². The van der Waals surface area contributed by atoms with E-state index in [4.69, 9.17) is 34.2 Å². The molecule has 0 radical (unpaired) electrons. The summed E-state index contributed by atoms with van der Waals surface area (Å²) in [6, 6.07) is 3.94. The van der Waals surface area contributed by atoms with Gasteiger partial charge in [0.05, 0.1) is 10.0 Å². The van der Waals surface area contributed by atoms with Crippen molar-refractivity contribution >= 4 is 39.8 Å². The third-order valence-electron chi connectivity index (χ3n) is 3.32. The van der Waals surface area contributed by atoms with E-state index in [0.29, 0.717) is 10.2 Å². The predicted octanol–water partition coefficient (Wildman–Crippen LogP) is 4.46. The van der Waals surface area contributed by atoms with E-state index in [2.05, 4.69) is 5.10 Å². The molecule has 27 heavy (non-hydrogen) atoms. The number of nitrogens with zero attached hydrogens (tertiary/aromatic N) is 3. The molecule has 0 aliphatic carbocycles. The Kier molecular flexibility index (Phi) is 6.34. The predicted molar refractivity (Wildman–Crippen MR) is 89.5 cm³/mol. The van der Waals surface area contributed by atoms with Crippen molar-refractivity contribution in [2.45, 2.75) is 29.7 Å². The number of nitrogens with two attached hydrogens (primary N) is 1. The lowest BCUT2D eigenvalue weighted by molar-refractivity contribution is -0.0384. The van der Waals surface area contributed by atoms with Crippen LogP contribution < -0.4 is 5.73 Å². The number of aryl methyl sites for hydroxylation is 1. The number of hydrogen-bond donors (Lipinski definition) is 1. The van der Waals surface area contributed by atoms with E-state index in [0.717, 1.165) is 0 Å². The molecule has 0 bridgehead atoms. The lowest BCUT2D eigenvalue weighted by Crippen LogP contribution is -2.18. The summed E-state index contributed by atoms with van der Waals surface area (Å²) >= 11 is 12.1. The number of halogens is 7. The van der Waals surface area contributed by atoms with Gasteiger partial charge in [0, 0.05) is 6.42 Å². The first-order valence-corrected chi connectivity index (χ1v) is 8.91. The number of nitriles is 1. The van der Waals surface area contributed by atoms with Crippen LogP contribution in [-0.2, 0) is 17.2 Å². The zero-order valence-electron chi connectivity index (χ0n) is 13.0. The average Bonchev–Trinajstić information content (AvgIpc) is 2.87. The molecule has 0 amide bonds. The van der Waals surface area contributed by atoms with Crippen LogP contribution in [0.15, 0.2) is 17.0 Å². The Morgan fingerprint density at radius 3 is 2.30 bits per heavy atom. The Balaban J connectivity index is 2.58. The average molecular weight is 447 g/mol. The minimum atomic E-state index is -5.17. The molecule has 0 saturated heterocycles. The van der Waals surface area contributed by atoms with Crippen molar-refractivity contribution in [1.82, 2.24) is 9.78 Å². The first-order chi connectivity index (χ1) is 12.5. The van der Waals surface area contributed by atoms with Gasteiger partial charge < -0.3 is 5.73 Å². The van der Waals surface area contributed by atoms with E-state index < -0.39 is 45.6 Å². The molecule has 0 spiro atoms. The molecular weight excluding hydrogens is 438 g/mol. The Bertz CT molecular complexity index is 916. The van der Waals surface area contributed by atoms with E-state index in [1.165, 1.54) is 18.2 Å². The van der Waals surface area contributed by atoms with Crippen LogP contribution in [0, 0.1) is 11.3 Å². The number of hydrogen-bond acceptors (Lipinski definition) is 4. The summed E-state index contributed by atoms with van der Waals surface area (Å²) in [5, 5.41) is 12.3. The second-order valence-electron chi connectivity index (χ2n) is 5.14. The van der Waals surface area contributed by atoms with Crippen LogP contribution in [0.3, 0.4) is 0 Å². The van der Waals surface area contributed by atoms with Crippen molar-refractivity contribution in [3.05, 3.63) is 33.4 Å². The number of rotatable bonds is 5. The lowest BCUT2D eigenvalue weighted by atomic mass is 10.1. The third-order valence-corrected chi connectivity index (χ3v) is 5.09. The molecule has 2 N–H and O–H groups in total. The van der Waals surface area contributed by atoms with Crippen molar-refractivity contribution in [3.8, 4) is 11.8 Å². The molecule has 5 nitrogen and oxygen atoms in total. The second kappa shape index (κ2) is 8.00. The topological polar surface area (TPSA) is 84.7 Å². The van der Waals surface area contributed by atoms with Gasteiger partial charge in [-0.15, -0.1) is 0 Å². The summed E-state index contributed by atoms with van der Waals surface area (Å²) in [6.45, 7) is 0. The van der Waals surface area contributed by atoms with Gasteiger partial charge in [-0.05, 0) is 24.1 Å². The zero-order chi connectivity index (χ0) is 20.5. The van der Waals surface area contributed by atoms with Gasteiger partial charge in [0.1, 0.15) is 22.5 Å².